The molecule has 0 saturated heterocycles. The molecule has 0 amide bonds. The molecule has 0 aliphatic carbocycles. The number of alkyl halides is 1. The summed E-state index contributed by atoms with van der Waals surface area (Å²) in [5, 5.41) is 0.780. The number of ether oxygens (including phenoxy) is 2. The number of hydrogen-bond acceptors (Lipinski definition) is 2. The van der Waals surface area contributed by atoms with E-state index in [0.29, 0.717) is 13.2 Å². The van der Waals surface area contributed by atoms with E-state index in [9.17, 15) is 0 Å². The summed E-state index contributed by atoms with van der Waals surface area (Å²) in [6, 6.07) is 4.13. The molecule has 0 bridgehead atoms. The van der Waals surface area contributed by atoms with Gasteiger partial charge in [-0.1, -0.05) is 31.9 Å². The van der Waals surface area contributed by atoms with E-state index in [4.69, 9.17) is 9.47 Å². The van der Waals surface area contributed by atoms with E-state index in [-0.39, 0.29) is 5.60 Å². The van der Waals surface area contributed by atoms with Gasteiger partial charge in [0.2, 0.25) is 0 Å². The van der Waals surface area contributed by atoms with Crippen LogP contribution in [0.1, 0.15) is 31.9 Å². The molecule has 0 unspecified atom stereocenters. The molecule has 0 saturated carbocycles. The van der Waals surface area contributed by atoms with Gasteiger partial charge in [-0.05, 0) is 45.4 Å². The van der Waals surface area contributed by atoms with Gasteiger partial charge in [0.05, 0.1) is 12.2 Å². The molecule has 0 aliphatic heterocycles. The lowest BCUT2D eigenvalue weighted by atomic mass is 10.1. The fourth-order valence-corrected chi connectivity index (χ4v) is 2.63. The van der Waals surface area contributed by atoms with E-state index in [0.717, 1.165) is 26.7 Å². The first-order chi connectivity index (χ1) is 8.33. The van der Waals surface area contributed by atoms with Gasteiger partial charge in [-0.15, -0.1) is 0 Å². The first-order valence-corrected chi connectivity index (χ1v) is 7.86. The summed E-state index contributed by atoms with van der Waals surface area (Å²) in [6.45, 7) is 9.35. The number of rotatable bonds is 5. The molecule has 0 fully saturated rings. The van der Waals surface area contributed by atoms with Crippen molar-refractivity contribution in [3.05, 3.63) is 27.7 Å². The Bertz CT molecular complexity index is 398. The normalized spacial score (nSPS) is 11.7. The number of benzene rings is 1. The standard InChI is InChI=1S/C14H20Br2O2/c1-10-7-12(16)8-11(9-15)13(10)17-5-6-18-14(2,3)4/h7-8H,5-6,9H2,1-4H3. The second-order valence-corrected chi connectivity index (χ2v) is 6.63. The van der Waals surface area contributed by atoms with Crippen molar-refractivity contribution in [2.24, 2.45) is 0 Å². The van der Waals surface area contributed by atoms with Crippen molar-refractivity contribution in [3.63, 3.8) is 0 Å². The molecule has 0 heterocycles. The van der Waals surface area contributed by atoms with Crippen LogP contribution in [0.25, 0.3) is 0 Å². The minimum absolute atomic E-state index is 0.115. The van der Waals surface area contributed by atoms with Crippen LogP contribution in [0.15, 0.2) is 16.6 Å². The fourth-order valence-electron chi connectivity index (χ4n) is 1.60. The van der Waals surface area contributed by atoms with Crippen molar-refractivity contribution in [1.82, 2.24) is 0 Å². The SMILES string of the molecule is Cc1cc(Br)cc(CBr)c1OCCOC(C)(C)C. The molecule has 1 aromatic carbocycles. The second kappa shape index (κ2) is 6.92. The number of aryl methyl sites for hydroxylation is 1. The van der Waals surface area contributed by atoms with Crippen LogP contribution in [0.2, 0.25) is 0 Å². The minimum Gasteiger partial charge on any atom is -0.491 e. The summed E-state index contributed by atoms with van der Waals surface area (Å²) < 4.78 is 12.6. The quantitative estimate of drug-likeness (QED) is 0.538. The lowest BCUT2D eigenvalue weighted by molar-refractivity contribution is -0.0164. The maximum Gasteiger partial charge on any atom is 0.126 e. The highest BCUT2D eigenvalue weighted by Gasteiger charge is 2.11. The highest BCUT2D eigenvalue weighted by molar-refractivity contribution is 9.10. The van der Waals surface area contributed by atoms with Gasteiger partial charge in [0.1, 0.15) is 12.4 Å². The van der Waals surface area contributed by atoms with E-state index in [1.807, 2.05) is 20.8 Å². The third-order valence-corrected chi connectivity index (χ3v) is 3.39. The van der Waals surface area contributed by atoms with E-state index < -0.39 is 0 Å². The van der Waals surface area contributed by atoms with Crippen LogP contribution in [-0.4, -0.2) is 18.8 Å². The molecule has 1 aromatic rings. The summed E-state index contributed by atoms with van der Waals surface area (Å²) >= 11 is 6.98. The monoisotopic (exact) mass is 378 g/mol. The average molecular weight is 380 g/mol. The maximum absolute atomic E-state index is 5.83. The summed E-state index contributed by atoms with van der Waals surface area (Å²) in [5.74, 6) is 0.951. The highest BCUT2D eigenvalue weighted by Crippen LogP contribution is 2.29. The topological polar surface area (TPSA) is 18.5 Å². The number of halogens is 2. The molecule has 0 N–H and O–H groups in total. The summed E-state index contributed by atoms with van der Waals surface area (Å²) in [5.41, 5.74) is 2.17. The Morgan fingerprint density at radius 1 is 1.17 bits per heavy atom. The van der Waals surface area contributed by atoms with Gasteiger partial charge in [-0.3, -0.25) is 0 Å². The van der Waals surface area contributed by atoms with Crippen molar-refractivity contribution in [1.29, 1.82) is 0 Å². The molecule has 102 valence electrons. The van der Waals surface area contributed by atoms with Gasteiger partial charge in [-0.2, -0.15) is 0 Å². The summed E-state index contributed by atoms with van der Waals surface area (Å²) in [4.78, 5) is 0. The number of hydrogen-bond donors (Lipinski definition) is 0. The van der Waals surface area contributed by atoms with Gasteiger partial charge in [-0.25, -0.2) is 0 Å². The van der Waals surface area contributed by atoms with Crippen molar-refractivity contribution in [3.8, 4) is 5.75 Å². The molecule has 18 heavy (non-hydrogen) atoms. The predicted octanol–water partition coefficient (Wildman–Crippen LogP) is 4.85. The minimum atomic E-state index is -0.115. The lowest BCUT2D eigenvalue weighted by Crippen LogP contribution is -2.22. The Kier molecular flexibility index (Phi) is 6.15. The predicted molar refractivity (Wildman–Crippen MR) is 82.7 cm³/mol. The van der Waals surface area contributed by atoms with E-state index in [1.165, 1.54) is 0 Å². The van der Waals surface area contributed by atoms with Crippen LogP contribution in [-0.2, 0) is 10.1 Å². The maximum atomic E-state index is 5.83. The molecule has 2 nitrogen and oxygen atoms in total. The Balaban J connectivity index is 2.62. The zero-order chi connectivity index (χ0) is 13.8. The lowest BCUT2D eigenvalue weighted by Gasteiger charge is -2.20. The third-order valence-electron chi connectivity index (χ3n) is 2.33. The third kappa shape index (κ3) is 5.29. The van der Waals surface area contributed by atoms with Crippen LogP contribution >= 0.6 is 31.9 Å². The Morgan fingerprint density at radius 3 is 2.39 bits per heavy atom. The van der Waals surface area contributed by atoms with Crippen LogP contribution in [0, 0.1) is 6.92 Å². The van der Waals surface area contributed by atoms with Crippen LogP contribution in [0.5, 0.6) is 5.75 Å². The van der Waals surface area contributed by atoms with E-state index >= 15 is 0 Å². The first-order valence-electron chi connectivity index (χ1n) is 5.95. The molecule has 0 aromatic heterocycles. The average Bonchev–Trinajstić information content (AvgIpc) is 2.24. The van der Waals surface area contributed by atoms with Crippen molar-refractivity contribution >= 4 is 31.9 Å². The molecular weight excluding hydrogens is 360 g/mol. The molecule has 1 rings (SSSR count). The van der Waals surface area contributed by atoms with Crippen molar-refractivity contribution < 1.29 is 9.47 Å². The van der Waals surface area contributed by atoms with Gasteiger partial charge in [0, 0.05) is 15.4 Å². The smallest absolute Gasteiger partial charge is 0.126 e. The second-order valence-electron chi connectivity index (χ2n) is 5.15. The zero-order valence-corrected chi connectivity index (χ0v) is 14.5. The molecule has 0 radical (unpaired) electrons. The fraction of sp³-hybridized carbons (Fsp3) is 0.571. The van der Waals surface area contributed by atoms with Crippen molar-refractivity contribution in [2.75, 3.05) is 13.2 Å². The van der Waals surface area contributed by atoms with E-state index in [2.05, 4.69) is 50.9 Å². The van der Waals surface area contributed by atoms with Crippen LogP contribution in [0.3, 0.4) is 0 Å². The van der Waals surface area contributed by atoms with Crippen LogP contribution in [0.4, 0.5) is 0 Å². The first kappa shape index (κ1) is 16.0. The highest BCUT2D eigenvalue weighted by atomic mass is 79.9. The largest absolute Gasteiger partial charge is 0.491 e. The van der Waals surface area contributed by atoms with Gasteiger partial charge >= 0.3 is 0 Å². The molecule has 0 spiro atoms. The van der Waals surface area contributed by atoms with Gasteiger partial charge < -0.3 is 9.47 Å². The Morgan fingerprint density at radius 2 is 1.83 bits per heavy atom. The van der Waals surface area contributed by atoms with Crippen LogP contribution < -0.4 is 4.74 Å². The summed E-state index contributed by atoms with van der Waals surface area (Å²) in [7, 11) is 0. The molecular formula is C14H20Br2O2. The Hall–Kier alpha value is -0.0600. The zero-order valence-electron chi connectivity index (χ0n) is 11.3. The Labute approximate surface area is 126 Å². The molecule has 0 atom stereocenters. The molecule has 4 heteroatoms. The van der Waals surface area contributed by atoms with Gasteiger partial charge in [0.25, 0.3) is 0 Å². The van der Waals surface area contributed by atoms with Gasteiger partial charge in [0.15, 0.2) is 0 Å². The van der Waals surface area contributed by atoms with Crippen molar-refractivity contribution in [2.45, 2.75) is 38.6 Å². The molecule has 0 aliphatic rings. The van der Waals surface area contributed by atoms with E-state index in [1.54, 1.807) is 0 Å². The summed E-state index contributed by atoms with van der Waals surface area (Å²) in [6.07, 6.45) is 0.